The van der Waals surface area contributed by atoms with Gasteiger partial charge in [0, 0.05) is 0 Å². The van der Waals surface area contributed by atoms with E-state index in [1.54, 1.807) is 0 Å². The Morgan fingerprint density at radius 2 is 1.40 bits per heavy atom. The molecule has 0 aliphatic carbocycles. The second kappa shape index (κ2) is 4.24. The van der Waals surface area contributed by atoms with Gasteiger partial charge in [0.1, 0.15) is 0 Å². The zero-order valence-electron chi connectivity index (χ0n) is 2.60. The molecule has 32 valence electrons. The Morgan fingerprint density at radius 1 is 1.40 bits per heavy atom. The van der Waals surface area contributed by atoms with Crippen molar-refractivity contribution >= 4 is 26.6 Å². The van der Waals surface area contributed by atoms with E-state index in [2.05, 4.69) is 6.58 Å². The molecule has 0 heterocycles. The summed E-state index contributed by atoms with van der Waals surface area (Å²) < 4.78 is 0. The Morgan fingerprint density at radius 3 is 1.40 bits per heavy atom. The number of hydrogen-bond acceptors (Lipinski definition) is 2. The van der Waals surface area contributed by atoms with Gasteiger partial charge < -0.3 is 10.2 Å². The summed E-state index contributed by atoms with van der Waals surface area (Å²) in [7, 11) is 0. The monoisotopic (exact) mass is 271 g/mol. The van der Waals surface area contributed by atoms with Crippen LogP contribution in [-0.2, 0) is 0 Å². The first-order valence-electron chi connectivity index (χ1n) is 0.801. The fraction of sp³-hybridized carbons (Fsp3) is 0. The van der Waals surface area contributed by atoms with Gasteiger partial charge >= 0.3 is 26.6 Å². The molecule has 0 radical (unpaired) electrons. The molecule has 0 aromatic heterocycles. The zero-order valence-corrected chi connectivity index (χ0v) is 6.49. The van der Waals surface area contributed by atoms with E-state index in [0.717, 1.165) is 0 Å². The molecule has 0 aromatic rings. The number of rotatable bonds is 0. The van der Waals surface area contributed by atoms with Crippen LogP contribution in [0.3, 0.4) is 0 Å². The van der Waals surface area contributed by atoms with Crippen LogP contribution in [0.15, 0.2) is 12.5 Å². The molecule has 0 saturated carbocycles. The Kier molecular flexibility index (Phi) is 7.60. The number of hydrogen-bond donors (Lipinski definition) is 2. The van der Waals surface area contributed by atoms with Gasteiger partial charge in [0.15, 0.2) is 0 Å². The van der Waals surface area contributed by atoms with Crippen LogP contribution in [0.25, 0.3) is 0 Å². The summed E-state index contributed by atoms with van der Waals surface area (Å²) >= 11 is 0. The first-order valence-corrected chi connectivity index (χ1v) is 0.801. The Hall–Kier alpha value is 0.236. The van der Waals surface area contributed by atoms with Gasteiger partial charge in [-0.15, -0.1) is 0 Å². The fourth-order valence-electron chi connectivity index (χ4n) is 0. The summed E-state index contributed by atoms with van der Waals surface area (Å²) in [6.45, 7) is 2.67. The minimum atomic E-state index is -0.833. The summed E-state index contributed by atoms with van der Waals surface area (Å²) in [5, 5.41) is 14.8. The van der Waals surface area contributed by atoms with Crippen molar-refractivity contribution in [2.75, 3.05) is 0 Å². The standard InChI is InChI=1S/C2H4O2.Po.2H/c1-2(3)4;;;/h3-4H,1H2;;;. The van der Waals surface area contributed by atoms with Gasteiger partial charge in [0.25, 0.3) is 5.95 Å². The minimum absolute atomic E-state index is 0. The quantitative estimate of drug-likeness (QED) is 0.592. The van der Waals surface area contributed by atoms with Gasteiger partial charge in [-0.2, -0.15) is 0 Å². The molecule has 0 aliphatic rings. The fourth-order valence-corrected chi connectivity index (χ4v) is 0. The maximum absolute atomic E-state index is 7.42. The number of aliphatic hydroxyl groups excluding tert-OH is 1. The Labute approximate surface area is 49.6 Å². The van der Waals surface area contributed by atoms with Crippen molar-refractivity contribution in [2.45, 2.75) is 0 Å². The third-order valence-electron chi connectivity index (χ3n) is 0. The van der Waals surface area contributed by atoms with Crippen LogP contribution < -0.4 is 0 Å². The predicted molar refractivity (Wildman–Crippen MR) is 22.9 cm³/mol. The molecule has 0 saturated heterocycles. The third-order valence-corrected chi connectivity index (χ3v) is 0. The van der Waals surface area contributed by atoms with Crippen LogP contribution in [0.1, 0.15) is 0 Å². The van der Waals surface area contributed by atoms with E-state index in [0.29, 0.717) is 0 Å². The molecular formula is C2H6O2Po. The summed E-state index contributed by atoms with van der Waals surface area (Å²) in [5.41, 5.74) is 0. The molecule has 0 aromatic carbocycles. The first kappa shape index (κ1) is 8.97. The van der Waals surface area contributed by atoms with Crippen LogP contribution in [-0.4, -0.2) is 36.8 Å². The van der Waals surface area contributed by atoms with E-state index < -0.39 is 5.95 Å². The molecule has 0 fully saturated rings. The van der Waals surface area contributed by atoms with E-state index in [9.17, 15) is 0 Å². The van der Waals surface area contributed by atoms with Gasteiger partial charge in [-0.3, -0.25) is 0 Å². The van der Waals surface area contributed by atoms with Crippen LogP contribution >= 0.6 is 0 Å². The van der Waals surface area contributed by atoms with E-state index in [1.807, 2.05) is 0 Å². The summed E-state index contributed by atoms with van der Waals surface area (Å²) in [6.07, 6.45) is 0. The van der Waals surface area contributed by atoms with Gasteiger partial charge in [-0.1, -0.05) is 0 Å². The van der Waals surface area contributed by atoms with Crippen molar-refractivity contribution in [2.24, 2.45) is 0 Å². The second-order valence-corrected chi connectivity index (χ2v) is 0.416. The predicted octanol–water partition coefficient (Wildman–Crippen LogP) is -0.343. The molecule has 2 N–H and O–H groups in total. The Bertz CT molecular complexity index is 30.6. The molecule has 5 heavy (non-hydrogen) atoms. The van der Waals surface area contributed by atoms with E-state index in [1.165, 1.54) is 0 Å². The third kappa shape index (κ3) is 380. The van der Waals surface area contributed by atoms with Crippen molar-refractivity contribution in [3.8, 4) is 0 Å². The molecule has 0 spiro atoms. The molecular weight excluding hydrogens is 265 g/mol. The SMILES string of the molecule is C=C(O)O.[PoH2]. The van der Waals surface area contributed by atoms with Crippen LogP contribution in [0.2, 0.25) is 0 Å². The molecule has 0 bridgehead atoms. The average molecular weight is 271 g/mol. The van der Waals surface area contributed by atoms with E-state index in [4.69, 9.17) is 10.2 Å². The topological polar surface area (TPSA) is 40.5 Å². The van der Waals surface area contributed by atoms with Gasteiger partial charge in [0.2, 0.25) is 0 Å². The molecule has 0 amide bonds. The normalized spacial score (nSPS) is 4.80. The summed E-state index contributed by atoms with van der Waals surface area (Å²) in [6, 6.07) is 0. The van der Waals surface area contributed by atoms with Gasteiger partial charge in [0.05, 0.1) is 0 Å². The number of aliphatic hydroxyl groups is 2. The Balaban J connectivity index is 0. The maximum atomic E-state index is 7.42. The average Bonchev–Trinajstić information content (AvgIpc) is 0.811. The van der Waals surface area contributed by atoms with Crippen molar-refractivity contribution < 1.29 is 10.2 Å². The van der Waals surface area contributed by atoms with Crippen LogP contribution in [0.5, 0.6) is 0 Å². The summed E-state index contributed by atoms with van der Waals surface area (Å²) in [4.78, 5) is 0. The second-order valence-electron chi connectivity index (χ2n) is 0.416. The first-order chi connectivity index (χ1) is 1.73. The van der Waals surface area contributed by atoms with E-state index in [-0.39, 0.29) is 26.6 Å². The molecule has 2 nitrogen and oxygen atoms in total. The molecule has 0 atom stereocenters. The van der Waals surface area contributed by atoms with Crippen molar-refractivity contribution in [3.05, 3.63) is 12.5 Å². The molecule has 3 heteroatoms. The van der Waals surface area contributed by atoms with Crippen molar-refractivity contribution in [3.63, 3.8) is 0 Å². The van der Waals surface area contributed by atoms with Crippen LogP contribution in [0.4, 0.5) is 0 Å². The van der Waals surface area contributed by atoms with Gasteiger partial charge in [-0.05, 0) is 6.58 Å². The molecule has 0 unspecified atom stereocenters. The summed E-state index contributed by atoms with van der Waals surface area (Å²) in [5.74, 6) is -0.833. The van der Waals surface area contributed by atoms with E-state index >= 15 is 0 Å². The van der Waals surface area contributed by atoms with Crippen molar-refractivity contribution in [1.82, 2.24) is 0 Å². The molecule has 0 aliphatic heterocycles. The zero-order chi connectivity index (χ0) is 3.58. The molecule has 0 rings (SSSR count). The van der Waals surface area contributed by atoms with Crippen LogP contribution in [0, 0.1) is 0 Å². The van der Waals surface area contributed by atoms with Crippen molar-refractivity contribution in [1.29, 1.82) is 0 Å². The van der Waals surface area contributed by atoms with Gasteiger partial charge in [-0.25, -0.2) is 0 Å².